The molecule has 6 heteroatoms. The zero-order chi connectivity index (χ0) is 13.7. The van der Waals surface area contributed by atoms with E-state index in [1.54, 1.807) is 0 Å². The van der Waals surface area contributed by atoms with Crippen molar-refractivity contribution >= 4 is 17.7 Å². The summed E-state index contributed by atoms with van der Waals surface area (Å²) in [7, 11) is 0. The maximum atomic E-state index is 11.0. The van der Waals surface area contributed by atoms with E-state index in [1.807, 2.05) is 13.8 Å². The summed E-state index contributed by atoms with van der Waals surface area (Å²) in [6, 6.07) is 3.01. The number of hydrogen-bond acceptors (Lipinski definition) is 4. The Morgan fingerprint density at radius 3 is 2.67 bits per heavy atom. The Morgan fingerprint density at radius 1 is 1.50 bits per heavy atom. The molecule has 0 fully saturated rings. The molecule has 0 aromatic carbocycles. The molecule has 6 nitrogen and oxygen atoms in total. The van der Waals surface area contributed by atoms with Gasteiger partial charge in [-0.15, -0.1) is 0 Å². The summed E-state index contributed by atoms with van der Waals surface area (Å²) in [6.07, 6.45) is 1.45. The van der Waals surface area contributed by atoms with Gasteiger partial charge in [0.2, 0.25) is 5.91 Å². The number of rotatable bonds is 6. The number of nitrogens with two attached hydrogens (primary N) is 1. The van der Waals surface area contributed by atoms with Crippen molar-refractivity contribution < 1.29 is 14.7 Å². The summed E-state index contributed by atoms with van der Waals surface area (Å²) in [6.45, 7) is 3.93. The van der Waals surface area contributed by atoms with Gasteiger partial charge in [-0.2, -0.15) is 0 Å². The highest BCUT2D eigenvalue weighted by atomic mass is 16.4. The van der Waals surface area contributed by atoms with Gasteiger partial charge in [-0.3, -0.25) is 9.59 Å². The molecule has 0 aliphatic rings. The Labute approximate surface area is 105 Å². The number of pyridine rings is 1. The number of carboxylic acids is 1. The molecular formula is C12H17N3O3. The first kappa shape index (κ1) is 14.0. The van der Waals surface area contributed by atoms with Crippen molar-refractivity contribution in [3.8, 4) is 0 Å². The fourth-order valence-electron chi connectivity index (χ4n) is 1.50. The maximum Gasteiger partial charge on any atom is 0.308 e. The highest BCUT2D eigenvalue weighted by molar-refractivity contribution is 5.93. The van der Waals surface area contributed by atoms with Crippen molar-refractivity contribution in [3.05, 3.63) is 23.9 Å². The third kappa shape index (κ3) is 3.73. The molecule has 18 heavy (non-hydrogen) atoms. The summed E-state index contributed by atoms with van der Waals surface area (Å²) < 4.78 is 0. The van der Waals surface area contributed by atoms with Crippen LogP contribution in [-0.4, -0.2) is 28.5 Å². The van der Waals surface area contributed by atoms with Crippen LogP contribution in [0.1, 0.15) is 24.2 Å². The van der Waals surface area contributed by atoms with Crippen LogP contribution in [0.2, 0.25) is 0 Å². The molecule has 1 aromatic rings. The van der Waals surface area contributed by atoms with Crippen molar-refractivity contribution in [2.75, 3.05) is 11.9 Å². The molecule has 98 valence electrons. The number of anilines is 1. The Kier molecular flexibility index (Phi) is 4.65. The second-order valence-electron chi connectivity index (χ2n) is 4.36. The molecule has 1 amide bonds. The van der Waals surface area contributed by atoms with Gasteiger partial charge >= 0.3 is 5.97 Å². The highest BCUT2D eigenvalue weighted by Gasteiger charge is 2.21. The van der Waals surface area contributed by atoms with Crippen LogP contribution in [-0.2, 0) is 4.79 Å². The number of nitrogens with zero attached hydrogens (tertiary/aromatic N) is 1. The molecule has 0 saturated carbocycles. The van der Waals surface area contributed by atoms with Crippen LogP contribution in [0.4, 0.5) is 5.82 Å². The molecule has 0 aliphatic carbocycles. The molecule has 0 aliphatic heterocycles. The van der Waals surface area contributed by atoms with Gasteiger partial charge in [0, 0.05) is 18.3 Å². The van der Waals surface area contributed by atoms with Gasteiger partial charge in [0.25, 0.3) is 0 Å². The Hall–Kier alpha value is -2.11. The minimum atomic E-state index is -0.858. The summed E-state index contributed by atoms with van der Waals surface area (Å²) in [4.78, 5) is 26.0. The predicted octanol–water partition coefficient (Wildman–Crippen LogP) is 0.949. The van der Waals surface area contributed by atoms with E-state index in [0.29, 0.717) is 11.4 Å². The van der Waals surface area contributed by atoms with E-state index in [0.717, 1.165) is 0 Å². The number of carbonyl (C=O) groups is 2. The predicted molar refractivity (Wildman–Crippen MR) is 67.2 cm³/mol. The topological polar surface area (TPSA) is 105 Å². The molecule has 0 saturated heterocycles. The van der Waals surface area contributed by atoms with Crippen LogP contribution in [0.25, 0.3) is 0 Å². The van der Waals surface area contributed by atoms with Gasteiger partial charge < -0.3 is 16.2 Å². The van der Waals surface area contributed by atoms with Crippen molar-refractivity contribution in [1.82, 2.24) is 4.98 Å². The fraction of sp³-hybridized carbons (Fsp3) is 0.417. The normalized spacial score (nSPS) is 12.2. The average Bonchev–Trinajstić information content (AvgIpc) is 2.28. The number of aliphatic carboxylic acids is 1. The number of carbonyl (C=O) groups excluding carboxylic acids is 1. The quantitative estimate of drug-likeness (QED) is 0.698. The number of hydrogen-bond donors (Lipinski definition) is 3. The first-order valence-electron chi connectivity index (χ1n) is 5.64. The summed E-state index contributed by atoms with van der Waals surface area (Å²) in [5.74, 6) is -1.46. The van der Waals surface area contributed by atoms with Crippen molar-refractivity contribution in [2.45, 2.75) is 13.8 Å². The zero-order valence-electron chi connectivity index (χ0n) is 10.4. The van der Waals surface area contributed by atoms with Gasteiger partial charge in [0.05, 0.1) is 5.92 Å². The molecule has 1 unspecified atom stereocenters. The van der Waals surface area contributed by atoms with Gasteiger partial charge in [0.15, 0.2) is 0 Å². The van der Waals surface area contributed by atoms with Gasteiger partial charge in [-0.25, -0.2) is 4.98 Å². The minimum absolute atomic E-state index is 0.00863. The molecule has 1 atom stereocenters. The molecule has 1 aromatic heterocycles. The highest BCUT2D eigenvalue weighted by Crippen LogP contribution is 2.13. The molecular weight excluding hydrogens is 234 g/mol. The number of amides is 1. The lowest BCUT2D eigenvalue weighted by atomic mass is 9.96. The second-order valence-corrected chi connectivity index (χ2v) is 4.36. The SMILES string of the molecule is CC(C)C(CNc1cc(C(N)=O)ccn1)C(=O)O. The lowest BCUT2D eigenvalue weighted by molar-refractivity contribution is -0.142. The molecule has 1 rings (SSSR count). The van der Waals surface area contributed by atoms with Crippen molar-refractivity contribution in [1.29, 1.82) is 0 Å². The summed E-state index contributed by atoms with van der Waals surface area (Å²) >= 11 is 0. The van der Waals surface area contributed by atoms with E-state index in [-0.39, 0.29) is 12.5 Å². The van der Waals surface area contributed by atoms with E-state index in [1.165, 1.54) is 18.3 Å². The lowest BCUT2D eigenvalue weighted by Gasteiger charge is -2.17. The number of carboxylic acid groups (broad SMARTS) is 1. The van der Waals surface area contributed by atoms with Crippen LogP contribution in [0, 0.1) is 11.8 Å². The smallest absolute Gasteiger partial charge is 0.308 e. The van der Waals surface area contributed by atoms with Crippen LogP contribution < -0.4 is 11.1 Å². The largest absolute Gasteiger partial charge is 0.481 e. The number of primary amides is 1. The first-order valence-corrected chi connectivity index (χ1v) is 5.64. The number of nitrogens with one attached hydrogen (secondary N) is 1. The number of aromatic nitrogens is 1. The standard InChI is InChI=1S/C12H17N3O3/c1-7(2)9(12(17)18)6-15-10-5-8(11(13)16)3-4-14-10/h3-5,7,9H,6H2,1-2H3,(H2,13,16)(H,14,15)(H,17,18). The molecule has 1 heterocycles. The Balaban J connectivity index is 2.70. The molecule has 0 bridgehead atoms. The minimum Gasteiger partial charge on any atom is -0.481 e. The van der Waals surface area contributed by atoms with Crippen molar-refractivity contribution in [2.24, 2.45) is 17.6 Å². The van der Waals surface area contributed by atoms with Crippen LogP contribution in [0.15, 0.2) is 18.3 Å². The fourth-order valence-corrected chi connectivity index (χ4v) is 1.50. The van der Waals surface area contributed by atoms with Crippen LogP contribution in [0.5, 0.6) is 0 Å². The van der Waals surface area contributed by atoms with E-state index < -0.39 is 17.8 Å². The first-order chi connectivity index (χ1) is 8.41. The van der Waals surface area contributed by atoms with Crippen molar-refractivity contribution in [3.63, 3.8) is 0 Å². The van der Waals surface area contributed by atoms with Gasteiger partial charge in [-0.1, -0.05) is 13.8 Å². The second kappa shape index (κ2) is 6.00. The zero-order valence-corrected chi connectivity index (χ0v) is 10.4. The molecule has 0 radical (unpaired) electrons. The maximum absolute atomic E-state index is 11.0. The van der Waals surface area contributed by atoms with Crippen LogP contribution in [0.3, 0.4) is 0 Å². The van der Waals surface area contributed by atoms with E-state index >= 15 is 0 Å². The van der Waals surface area contributed by atoms with E-state index in [2.05, 4.69) is 10.3 Å². The van der Waals surface area contributed by atoms with Gasteiger partial charge in [0.1, 0.15) is 5.82 Å². The van der Waals surface area contributed by atoms with E-state index in [9.17, 15) is 9.59 Å². The monoisotopic (exact) mass is 251 g/mol. The molecule has 4 N–H and O–H groups in total. The van der Waals surface area contributed by atoms with Gasteiger partial charge in [-0.05, 0) is 18.1 Å². The average molecular weight is 251 g/mol. The van der Waals surface area contributed by atoms with Crippen LogP contribution >= 0.6 is 0 Å². The summed E-state index contributed by atoms with van der Waals surface area (Å²) in [5.41, 5.74) is 5.48. The Bertz CT molecular complexity index is 446. The molecule has 0 spiro atoms. The third-order valence-corrected chi connectivity index (χ3v) is 2.67. The van der Waals surface area contributed by atoms with E-state index in [4.69, 9.17) is 10.8 Å². The summed E-state index contributed by atoms with van der Waals surface area (Å²) in [5, 5.41) is 11.9. The Morgan fingerprint density at radius 2 is 2.17 bits per heavy atom. The lowest BCUT2D eigenvalue weighted by Crippen LogP contribution is -2.27. The third-order valence-electron chi connectivity index (χ3n) is 2.67.